The van der Waals surface area contributed by atoms with Crippen LogP contribution < -0.4 is 0 Å². The first-order chi connectivity index (χ1) is 10.6. The highest BCUT2D eigenvalue weighted by molar-refractivity contribution is 6.74. The minimum absolute atomic E-state index is 0.0760. The molecule has 6 heteroatoms. The standard InChI is InChI=1S/C18H36O5Si/c1-14(19)21-13-15(23-24(8,9)18(5,6)7)11-10-12-16(20)22-17(2,3)4/h15H,10-13H2,1-9H3/t15-/m0/s1. The minimum Gasteiger partial charge on any atom is -0.463 e. The van der Waals surface area contributed by atoms with Crippen LogP contribution in [0.5, 0.6) is 0 Å². The van der Waals surface area contributed by atoms with E-state index >= 15 is 0 Å². The quantitative estimate of drug-likeness (QED) is 0.472. The van der Waals surface area contributed by atoms with Crippen molar-refractivity contribution in [1.82, 2.24) is 0 Å². The van der Waals surface area contributed by atoms with Gasteiger partial charge >= 0.3 is 11.9 Å². The molecule has 0 N–H and O–H groups in total. The predicted octanol–water partition coefficient (Wildman–Crippen LogP) is 4.45. The molecule has 0 aliphatic heterocycles. The van der Waals surface area contributed by atoms with Crippen molar-refractivity contribution in [3.8, 4) is 0 Å². The van der Waals surface area contributed by atoms with Gasteiger partial charge in [-0.2, -0.15) is 0 Å². The van der Waals surface area contributed by atoms with Crippen LogP contribution in [-0.2, 0) is 23.5 Å². The summed E-state index contributed by atoms with van der Waals surface area (Å²) >= 11 is 0. The molecule has 0 rings (SSSR count). The van der Waals surface area contributed by atoms with Crippen molar-refractivity contribution in [2.45, 2.75) is 97.6 Å². The largest absolute Gasteiger partial charge is 0.463 e. The van der Waals surface area contributed by atoms with E-state index in [1.54, 1.807) is 0 Å². The van der Waals surface area contributed by atoms with Crippen LogP contribution in [0, 0.1) is 0 Å². The molecule has 0 heterocycles. The van der Waals surface area contributed by atoms with E-state index < -0.39 is 13.9 Å². The normalized spacial score (nSPS) is 14.2. The van der Waals surface area contributed by atoms with Gasteiger partial charge in [-0.25, -0.2) is 0 Å². The van der Waals surface area contributed by atoms with Gasteiger partial charge in [0.1, 0.15) is 12.2 Å². The molecule has 0 aromatic heterocycles. The number of esters is 2. The van der Waals surface area contributed by atoms with E-state index in [2.05, 4.69) is 33.9 Å². The van der Waals surface area contributed by atoms with E-state index in [4.69, 9.17) is 13.9 Å². The lowest BCUT2D eigenvalue weighted by Gasteiger charge is -2.39. The summed E-state index contributed by atoms with van der Waals surface area (Å²) in [6, 6.07) is 0. The fraction of sp³-hybridized carbons (Fsp3) is 0.889. The average molecular weight is 361 g/mol. The van der Waals surface area contributed by atoms with Crippen molar-refractivity contribution in [2.24, 2.45) is 0 Å². The Labute approximate surface area is 148 Å². The second kappa shape index (κ2) is 8.99. The van der Waals surface area contributed by atoms with E-state index in [0.29, 0.717) is 19.3 Å². The van der Waals surface area contributed by atoms with Crippen molar-refractivity contribution >= 4 is 20.3 Å². The number of carbonyl (C=O) groups is 2. The molecule has 0 amide bonds. The van der Waals surface area contributed by atoms with Crippen LogP contribution in [0.3, 0.4) is 0 Å². The molecule has 24 heavy (non-hydrogen) atoms. The molecule has 0 aliphatic carbocycles. The summed E-state index contributed by atoms with van der Waals surface area (Å²) in [5, 5.41) is 0.0760. The van der Waals surface area contributed by atoms with Crippen LogP contribution in [0.15, 0.2) is 0 Å². The summed E-state index contributed by atoms with van der Waals surface area (Å²) < 4.78 is 16.8. The van der Waals surface area contributed by atoms with E-state index in [-0.39, 0.29) is 29.7 Å². The van der Waals surface area contributed by atoms with Crippen LogP contribution in [0.1, 0.15) is 67.7 Å². The lowest BCUT2D eigenvalue weighted by atomic mass is 10.1. The van der Waals surface area contributed by atoms with Gasteiger partial charge in [-0.3, -0.25) is 9.59 Å². The Kier molecular flexibility index (Phi) is 8.66. The Hall–Kier alpha value is -0.883. The first-order valence-electron chi connectivity index (χ1n) is 8.67. The summed E-state index contributed by atoms with van der Waals surface area (Å²) in [7, 11) is -1.96. The Balaban J connectivity index is 4.63. The first kappa shape index (κ1) is 23.1. The molecule has 0 bridgehead atoms. The fourth-order valence-corrected chi connectivity index (χ4v) is 3.22. The predicted molar refractivity (Wildman–Crippen MR) is 98.4 cm³/mol. The topological polar surface area (TPSA) is 61.8 Å². The molecule has 1 atom stereocenters. The van der Waals surface area contributed by atoms with Crippen LogP contribution in [0.25, 0.3) is 0 Å². The lowest BCUT2D eigenvalue weighted by Crippen LogP contribution is -2.45. The van der Waals surface area contributed by atoms with Crippen molar-refractivity contribution in [1.29, 1.82) is 0 Å². The maximum Gasteiger partial charge on any atom is 0.306 e. The van der Waals surface area contributed by atoms with Crippen LogP contribution in [0.4, 0.5) is 0 Å². The van der Waals surface area contributed by atoms with Gasteiger partial charge in [-0.05, 0) is 51.7 Å². The third-order valence-electron chi connectivity index (χ3n) is 4.07. The van der Waals surface area contributed by atoms with Gasteiger partial charge in [0.25, 0.3) is 0 Å². The third kappa shape index (κ3) is 10.1. The highest BCUT2D eigenvalue weighted by atomic mass is 28.4. The van der Waals surface area contributed by atoms with E-state index in [1.807, 2.05) is 20.8 Å². The van der Waals surface area contributed by atoms with Crippen molar-refractivity contribution in [2.75, 3.05) is 6.61 Å². The Morgan fingerprint density at radius 3 is 2.00 bits per heavy atom. The molecule has 0 radical (unpaired) electrons. The molecule has 5 nitrogen and oxygen atoms in total. The van der Waals surface area contributed by atoms with Crippen LogP contribution >= 0.6 is 0 Å². The monoisotopic (exact) mass is 360 g/mol. The second-order valence-corrected chi connectivity index (χ2v) is 13.5. The lowest BCUT2D eigenvalue weighted by molar-refractivity contribution is -0.155. The Morgan fingerprint density at radius 2 is 1.58 bits per heavy atom. The zero-order chi connectivity index (χ0) is 19.2. The van der Waals surface area contributed by atoms with E-state index in [1.165, 1.54) is 6.92 Å². The summed E-state index contributed by atoms with van der Waals surface area (Å²) in [6.45, 7) is 18.0. The summed E-state index contributed by atoms with van der Waals surface area (Å²) in [4.78, 5) is 22.9. The van der Waals surface area contributed by atoms with Crippen molar-refractivity contribution < 1.29 is 23.5 Å². The maximum absolute atomic E-state index is 11.8. The van der Waals surface area contributed by atoms with Crippen molar-refractivity contribution in [3.63, 3.8) is 0 Å². The molecule has 0 spiro atoms. The summed E-state index contributed by atoms with van der Waals surface area (Å²) in [5.41, 5.74) is -0.466. The molecule has 0 saturated carbocycles. The molecule has 0 aliphatic rings. The first-order valence-corrected chi connectivity index (χ1v) is 11.6. The second-order valence-electron chi connectivity index (χ2n) is 8.78. The van der Waals surface area contributed by atoms with Gasteiger partial charge in [-0.1, -0.05) is 20.8 Å². The van der Waals surface area contributed by atoms with Gasteiger partial charge < -0.3 is 13.9 Å². The molecule has 142 valence electrons. The summed E-state index contributed by atoms with van der Waals surface area (Å²) in [6.07, 6.45) is 1.47. The van der Waals surface area contributed by atoms with Gasteiger partial charge in [0, 0.05) is 13.3 Å². The third-order valence-corrected chi connectivity index (χ3v) is 8.60. The SMILES string of the molecule is CC(=O)OC[C@H](CCCC(=O)OC(C)(C)C)O[Si](C)(C)C(C)(C)C. The van der Waals surface area contributed by atoms with Gasteiger partial charge in [-0.15, -0.1) is 0 Å². The number of hydrogen-bond donors (Lipinski definition) is 0. The number of carbonyl (C=O) groups excluding carboxylic acids is 2. The Bertz CT molecular complexity index is 418. The average Bonchev–Trinajstić information content (AvgIpc) is 2.31. The zero-order valence-corrected chi connectivity index (χ0v) is 17.9. The number of hydrogen-bond acceptors (Lipinski definition) is 5. The van der Waals surface area contributed by atoms with Gasteiger partial charge in [0.15, 0.2) is 8.32 Å². The number of rotatable bonds is 8. The molecule has 0 fully saturated rings. The van der Waals surface area contributed by atoms with Crippen LogP contribution in [-0.4, -0.2) is 38.6 Å². The van der Waals surface area contributed by atoms with Crippen molar-refractivity contribution in [3.05, 3.63) is 0 Å². The van der Waals surface area contributed by atoms with E-state index in [0.717, 1.165) is 0 Å². The Morgan fingerprint density at radius 1 is 1.04 bits per heavy atom. The van der Waals surface area contributed by atoms with Gasteiger partial charge in [0.05, 0.1) is 6.10 Å². The maximum atomic E-state index is 11.8. The molecule has 0 unspecified atom stereocenters. The highest BCUT2D eigenvalue weighted by Crippen LogP contribution is 2.37. The molecular formula is C18H36O5Si. The molecule has 0 aromatic carbocycles. The molecular weight excluding hydrogens is 324 g/mol. The number of ether oxygens (including phenoxy) is 2. The minimum atomic E-state index is -1.96. The smallest absolute Gasteiger partial charge is 0.306 e. The van der Waals surface area contributed by atoms with Crippen LogP contribution in [0.2, 0.25) is 18.1 Å². The van der Waals surface area contributed by atoms with E-state index in [9.17, 15) is 9.59 Å². The van der Waals surface area contributed by atoms with Gasteiger partial charge in [0.2, 0.25) is 0 Å². The molecule has 0 saturated heterocycles. The highest BCUT2D eigenvalue weighted by Gasteiger charge is 2.39. The summed E-state index contributed by atoms with van der Waals surface area (Å²) in [5.74, 6) is -0.521. The molecule has 0 aromatic rings. The zero-order valence-electron chi connectivity index (χ0n) is 16.9. The fourth-order valence-electron chi connectivity index (χ4n) is 1.85.